The summed E-state index contributed by atoms with van der Waals surface area (Å²) in [5, 5.41) is 2.18. The molecule has 0 fully saturated rings. The van der Waals surface area contributed by atoms with Crippen LogP contribution in [0.2, 0.25) is 0 Å². The second kappa shape index (κ2) is 8.51. The molecule has 6 nitrogen and oxygen atoms in total. The summed E-state index contributed by atoms with van der Waals surface area (Å²) in [6.45, 7) is 3.67. The van der Waals surface area contributed by atoms with Crippen molar-refractivity contribution >= 4 is 33.0 Å². The average Bonchev–Trinajstić information content (AvgIpc) is 3.03. The molecule has 0 radical (unpaired) electrons. The van der Waals surface area contributed by atoms with Crippen LogP contribution in [0.5, 0.6) is 0 Å². The van der Waals surface area contributed by atoms with E-state index in [2.05, 4.69) is 5.32 Å². The van der Waals surface area contributed by atoms with Gasteiger partial charge in [0.25, 0.3) is 0 Å². The molecule has 1 N–H and O–H groups in total. The van der Waals surface area contributed by atoms with Gasteiger partial charge in [0.1, 0.15) is 11.6 Å². The Morgan fingerprint density at radius 3 is 2.60 bits per heavy atom. The van der Waals surface area contributed by atoms with Gasteiger partial charge in [0.05, 0.1) is 16.3 Å². The van der Waals surface area contributed by atoms with Crippen LogP contribution in [0, 0.1) is 11.6 Å². The van der Waals surface area contributed by atoms with Crippen molar-refractivity contribution in [2.45, 2.75) is 44.0 Å². The highest BCUT2D eigenvalue weighted by Crippen LogP contribution is 2.34. The average molecular weight is 436 g/mol. The fraction of sp³-hybridized carbons (Fsp3) is 0.333. The first-order valence-electron chi connectivity index (χ1n) is 9.55. The number of halogens is 2. The van der Waals surface area contributed by atoms with Crippen LogP contribution < -0.4 is 10.2 Å². The summed E-state index contributed by atoms with van der Waals surface area (Å²) in [5.74, 6) is -2.79. The molecule has 2 aromatic rings. The minimum atomic E-state index is -3.78. The number of carbonyl (C=O) groups excluding carboxylic acids is 2. The largest absolute Gasteiger partial charge is 0.323 e. The zero-order chi connectivity index (χ0) is 22.1. The molecule has 1 atom stereocenters. The number of hydrogen-bond acceptors (Lipinski definition) is 4. The Labute approximate surface area is 173 Å². The maximum absolute atomic E-state index is 13.6. The predicted molar refractivity (Wildman–Crippen MR) is 109 cm³/mol. The van der Waals surface area contributed by atoms with Crippen LogP contribution in [0.15, 0.2) is 41.3 Å². The van der Waals surface area contributed by atoms with Crippen molar-refractivity contribution in [2.24, 2.45) is 0 Å². The smallest absolute Gasteiger partial charge is 0.226 e. The highest BCUT2D eigenvalue weighted by molar-refractivity contribution is 7.91. The second-order valence-electron chi connectivity index (χ2n) is 7.20. The maximum Gasteiger partial charge on any atom is 0.226 e. The second-order valence-corrected chi connectivity index (χ2v) is 9.31. The van der Waals surface area contributed by atoms with Gasteiger partial charge in [-0.3, -0.25) is 9.59 Å². The van der Waals surface area contributed by atoms with E-state index < -0.39 is 39.6 Å². The van der Waals surface area contributed by atoms with Gasteiger partial charge >= 0.3 is 0 Å². The number of amides is 2. The highest BCUT2D eigenvalue weighted by atomic mass is 32.2. The monoisotopic (exact) mass is 436 g/mol. The first kappa shape index (κ1) is 21.9. The van der Waals surface area contributed by atoms with Crippen LogP contribution in [0.4, 0.5) is 20.2 Å². The van der Waals surface area contributed by atoms with Gasteiger partial charge in [-0.25, -0.2) is 17.2 Å². The lowest BCUT2D eigenvalue weighted by Gasteiger charge is -2.22. The third-order valence-electron chi connectivity index (χ3n) is 5.00. The standard InChI is InChI=1S/C21H22F2N2O4S/c1-3-21(27)25-13(2)10-14-11-16(5-7-19(14)25)30(28,29)9-8-20(26)24-18-12-15(22)4-6-17(18)23/h4-7,11-13H,3,8-10H2,1-2H3,(H,24,26)/t13-/m1/s1. The first-order chi connectivity index (χ1) is 14.1. The number of hydrogen-bond donors (Lipinski definition) is 1. The topological polar surface area (TPSA) is 83.6 Å². The number of nitrogens with zero attached hydrogens (tertiary/aromatic N) is 1. The molecule has 1 heterocycles. The zero-order valence-corrected chi connectivity index (χ0v) is 17.4. The summed E-state index contributed by atoms with van der Waals surface area (Å²) in [5.41, 5.74) is 1.12. The van der Waals surface area contributed by atoms with Gasteiger partial charge in [-0.1, -0.05) is 6.92 Å². The van der Waals surface area contributed by atoms with Gasteiger partial charge in [0.15, 0.2) is 9.84 Å². The van der Waals surface area contributed by atoms with Crippen molar-refractivity contribution in [3.8, 4) is 0 Å². The number of nitrogens with one attached hydrogen (secondary N) is 1. The summed E-state index contributed by atoms with van der Waals surface area (Å²) < 4.78 is 52.1. The zero-order valence-electron chi connectivity index (χ0n) is 16.6. The summed E-state index contributed by atoms with van der Waals surface area (Å²) >= 11 is 0. The van der Waals surface area contributed by atoms with Crippen LogP contribution in [0.1, 0.15) is 32.3 Å². The molecular weight excluding hydrogens is 414 g/mol. The summed E-state index contributed by atoms with van der Waals surface area (Å²) in [6, 6.07) is 7.13. The first-order valence-corrected chi connectivity index (χ1v) is 11.2. The highest BCUT2D eigenvalue weighted by Gasteiger charge is 2.31. The van der Waals surface area contributed by atoms with Crippen LogP contribution in [0.25, 0.3) is 0 Å². The lowest BCUT2D eigenvalue weighted by atomic mass is 10.1. The minimum Gasteiger partial charge on any atom is -0.323 e. The molecule has 1 aliphatic rings. The van der Waals surface area contributed by atoms with Crippen LogP contribution in [-0.2, 0) is 25.8 Å². The Morgan fingerprint density at radius 2 is 1.90 bits per heavy atom. The van der Waals surface area contributed by atoms with Crippen LogP contribution >= 0.6 is 0 Å². The molecule has 160 valence electrons. The molecule has 0 aliphatic carbocycles. The molecule has 0 saturated carbocycles. The van der Waals surface area contributed by atoms with E-state index in [4.69, 9.17) is 0 Å². The molecule has 2 aromatic carbocycles. The molecule has 0 spiro atoms. The van der Waals surface area contributed by atoms with E-state index in [-0.39, 0.29) is 22.5 Å². The van der Waals surface area contributed by atoms with Crippen LogP contribution in [-0.4, -0.2) is 32.0 Å². The SMILES string of the molecule is CCC(=O)N1c2ccc(S(=O)(=O)CCC(=O)Nc3cc(F)ccc3F)cc2C[C@H]1C. The van der Waals surface area contributed by atoms with E-state index in [0.29, 0.717) is 18.5 Å². The fourth-order valence-electron chi connectivity index (χ4n) is 3.50. The molecule has 2 amide bonds. The molecular formula is C21H22F2N2O4S. The number of fused-ring (bicyclic) bond motifs is 1. The minimum absolute atomic E-state index is 0.0295. The predicted octanol–water partition coefficient (Wildman–Crippen LogP) is 3.45. The molecule has 9 heteroatoms. The third-order valence-corrected chi connectivity index (χ3v) is 6.71. The Kier molecular flexibility index (Phi) is 6.21. The fourth-order valence-corrected chi connectivity index (χ4v) is 4.79. The van der Waals surface area contributed by atoms with Gasteiger partial charge in [-0.05, 0) is 49.2 Å². The van der Waals surface area contributed by atoms with E-state index in [1.807, 2.05) is 6.92 Å². The van der Waals surface area contributed by atoms with E-state index in [0.717, 1.165) is 23.8 Å². The van der Waals surface area contributed by atoms with Gasteiger partial charge in [-0.2, -0.15) is 0 Å². The van der Waals surface area contributed by atoms with Crippen molar-refractivity contribution in [3.05, 3.63) is 53.6 Å². The van der Waals surface area contributed by atoms with Crippen molar-refractivity contribution in [2.75, 3.05) is 16.0 Å². The van der Waals surface area contributed by atoms with Crippen molar-refractivity contribution < 1.29 is 26.8 Å². The van der Waals surface area contributed by atoms with Gasteiger partial charge in [0, 0.05) is 30.6 Å². The Morgan fingerprint density at radius 1 is 1.17 bits per heavy atom. The molecule has 0 saturated heterocycles. The van der Waals surface area contributed by atoms with Crippen molar-refractivity contribution in [1.82, 2.24) is 0 Å². The Balaban J connectivity index is 1.71. The van der Waals surface area contributed by atoms with Gasteiger partial charge < -0.3 is 10.2 Å². The van der Waals surface area contributed by atoms with E-state index in [1.165, 1.54) is 12.1 Å². The van der Waals surface area contributed by atoms with Crippen LogP contribution in [0.3, 0.4) is 0 Å². The normalized spacial score (nSPS) is 15.7. The quantitative estimate of drug-likeness (QED) is 0.752. The Bertz CT molecular complexity index is 1100. The maximum atomic E-state index is 13.6. The number of carbonyl (C=O) groups is 2. The lowest BCUT2D eigenvalue weighted by molar-refractivity contribution is -0.118. The molecule has 0 bridgehead atoms. The molecule has 1 aliphatic heterocycles. The third kappa shape index (κ3) is 4.51. The Hall–Kier alpha value is -2.81. The number of rotatable bonds is 6. The van der Waals surface area contributed by atoms with Crippen molar-refractivity contribution in [3.63, 3.8) is 0 Å². The number of anilines is 2. The summed E-state index contributed by atoms with van der Waals surface area (Å²) in [4.78, 5) is 25.9. The summed E-state index contributed by atoms with van der Waals surface area (Å²) in [7, 11) is -3.78. The van der Waals surface area contributed by atoms with Gasteiger partial charge in [-0.15, -0.1) is 0 Å². The van der Waals surface area contributed by atoms with E-state index in [9.17, 15) is 26.8 Å². The van der Waals surface area contributed by atoms with Crippen molar-refractivity contribution in [1.29, 1.82) is 0 Å². The van der Waals surface area contributed by atoms with E-state index >= 15 is 0 Å². The molecule has 30 heavy (non-hydrogen) atoms. The molecule has 3 rings (SSSR count). The molecule has 0 aromatic heterocycles. The molecule has 0 unspecified atom stereocenters. The number of sulfone groups is 1. The summed E-state index contributed by atoms with van der Waals surface area (Å²) in [6.07, 6.45) is 0.487. The lowest BCUT2D eigenvalue weighted by Crippen LogP contribution is -2.35. The van der Waals surface area contributed by atoms with E-state index in [1.54, 1.807) is 17.9 Å². The van der Waals surface area contributed by atoms with Gasteiger partial charge in [0.2, 0.25) is 11.8 Å². The number of benzene rings is 2.